The number of aromatic nitrogens is 4. The Morgan fingerprint density at radius 2 is 2.06 bits per heavy atom. The molecule has 0 bridgehead atoms. The van der Waals surface area contributed by atoms with E-state index in [1.807, 2.05) is 0 Å². The second-order valence-electron chi connectivity index (χ2n) is 6.89. The Hall–Kier alpha value is -4.42. The van der Waals surface area contributed by atoms with E-state index < -0.39 is 37.5 Å². The summed E-state index contributed by atoms with van der Waals surface area (Å²) in [5, 5.41) is 6.40. The van der Waals surface area contributed by atoms with Gasteiger partial charge in [-0.2, -0.15) is 4.98 Å². The number of nitrogen functional groups attached to an aromatic ring is 1. The highest BCUT2D eigenvalue weighted by atomic mass is 19.4. The van der Waals surface area contributed by atoms with E-state index >= 15 is 0 Å². The third-order valence-electron chi connectivity index (χ3n) is 4.61. The molecule has 3 N–H and O–H groups in total. The molecule has 176 valence electrons. The first kappa shape index (κ1) is 21.4. The Morgan fingerprint density at radius 1 is 1.24 bits per heavy atom. The van der Waals surface area contributed by atoms with Crippen LogP contribution in [0.5, 0.6) is 11.6 Å². The van der Waals surface area contributed by atoms with Crippen LogP contribution >= 0.6 is 0 Å². The molecule has 0 unspecified atom stereocenters. The van der Waals surface area contributed by atoms with Crippen molar-refractivity contribution in [2.45, 2.75) is 12.9 Å². The van der Waals surface area contributed by atoms with Gasteiger partial charge < -0.3 is 20.5 Å². The Balaban J connectivity index is 1.59. The van der Waals surface area contributed by atoms with Gasteiger partial charge in [-0.1, -0.05) is 0 Å². The number of nitrogens with one attached hydrogen (secondary N) is 1. The first-order valence-corrected chi connectivity index (χ1v) is 9.49. The molecule has 9 nitrogen and oxygen atoms in total. The Labute approximate surface area is 190 Å². The summed E-state index contributed by atoms with van der Waals surface area (Å²) in [6, 6.07) is 7.24. The molecule has 3 aromatic heterocycles. The quantitative estimate of drug-likeness (QED) is 0.409. The van der Waals surface area contributed by atoms with Crippen LogP contribution in [0.4, 0.5) is 23.5 Å². The van der Waals surface area contributed by atoms with Crippen LogP contribution in [0.25, 0.3) is 16.8 Å². The van der Waals surface area contributed by atoms with Crippen LogP contribution in [-0.4, -0.2) is 38.9 Å². The fourth-order valence-electron chi connectivity index (χ4n) is 3.12. The number of carbonyl (C=O) groups excluding carboxylic acids is 1. The first-order valence-electron chi connectivity index (χ1n) is 10.2. The van der Waals surface area contributed by atoms with Gasteiger partial charge >= 0.3 is 6.36 Å². The van der Waals surface area contributed by atoms with Crippen molar-refractivity contribution in [2.75, 3.05) is 12.8 Å². The third kappa shape index (κ3) is 4.98. The number of nitrogens with zero attached hydrogens (tertiary/aromatic N) is 4. The van der Waals surface area contributed by atoms with E-state index in [4.69, 9.17) is 11.8 Å². The Bertz CT molecular complexity index is 1400. The van der Waals surface area contributed by atoms with Gasteiger partial charge in [-0.3, -0.25) is 4.79 Å². The maximum atomic E-state index is 14.1. The fourth-order valence-corrected chi connectivity index (χ4v) is 3.12. The SMILES string of the molecule is [2H]COc1ncc(-c2ccn3nc(N)nc3c2)cc1C(=O)NCc1cc(OC(F)(F)F)ccc1F. The summed E-state index contributed by atoms with van der Waals surface area (Å²) in [6.07, 6.45) is -1.92. The number of hydrogen-bond acceptors (Lipinski definition) is 7. The molecule has 4 aromatic rings. The number of anilines is 1. The topological polar surface area (TPSA) is 117 Å². The van der Waals surface area contributed by atoms with Crippen LogP contribution in [-0.2, 0) is 6.54 Å². The molecule has 13 heteroatoms. The minimum absolute atomic E-state index is 0.0706. The minimum Gasteiger partial charge on any atom is -0.480 e. The number of amides is 1. The summed E-state index contributed by atoms with van der Waals surface area (Å²) < 4.78 is 69.1. The van der Waals surface area contributed by atoms with E-state index in [1.165, 1.54) is 16.8 Å². The maximum Gasteiger partial charge on any atom is 0.573 e. The van der Waals surface area contributed by atoms with Gasteiger partial charge in [0, 0.05) is 30.1 Å². The first-order chi connectivity index (χ1) is 16.6. The van der Waals surface area contributed by atoms with E-state index in [1.54, 1.807) is 18.3 Å². The summed E-state index contributed by atoms with van der Waals surface area (Å²) in [5.74, 6) is -2.29. The van der Waals surface area contributed by atoms with E-state index in [2.05, 4.69) is 25.1 Å². The summed E-state index contributed by atoms with van der Waals surface area (Å²) in [4.78, 5) is 21.0. The van der Waals surface area contributed by atoms with Crippen molar-refractivity contribution in [3.8, 4) is 22.8 Å². The number of carbonyl (C=O) groups is 1. The molecule has 0 aliphatic rings. The molecule has 0 aliphatic carbocycles. The number of halogens is 4. The molecule has 34 heavy (non-hydrogen) atoms. The zero-order valence-corrected chi connectivity index (χ0v) is 17.1. The largest absolute Gasteiger partial charge is 0.573 e. The monoisotopic (exact) mass is 477 g/mol. The number of benzene rings is 1. The third-order valence-corrected chi connectivity index (χ3v) is 4.61. The van der Waals surface area contributed by atoms with Crippen molar-refractivity contribution < 1.29 is 33.2 Å². The van der Waals surface area contributed by atoms with Crippen LogP contribution in [0.15, 0.2) is 48.8 Å². The van der Waals surface area contributed by atoms with Crippen molar-refractivity contribution in [3.05, 3.63) is 65.7 Å². The van der Waals surface area contributed by atoms with Gasteiger partial charge in [-0.25, -0.2) is 13.9 Å². The zero-order valence-electron chi connectivity index (χ0n) is 18.1. The molecule has 0 saturated carbocycles. The normalized spacial score (nSPS) is 11.8. The van der Waals surface area contributed by atoms with Gasteiger partial charge in [0.25, 0.3) is 5.91 Å². The smallest absolute Gasteiger partial charge is 0.480 e. The van der Waals surface area contributed by atoms with Gasteiger partial charge in [-0.05, 0) is 42.0 Å². The molecule has 0 saturated heterocycles. The molecule has 0 spiro atoms. The van der Waals surface area contributed by atoms with E-state index in [0.717, 1.165) is 18.2 Å². The molecule has 1 amide bonds. The lowest BCUT2D eigenvalue weighted by molar-refractivity contribution is -0.274. The average molecular weight is 477 g/mol. The predicted octanol–water partition coefficient (Wildman–Crippen LogP) is 3.35. The minimum atomic E-state index is -4.95. The maximum absolute atomic E-state index is 14.1. The predicted molar refractivity (Wildman–Crippen MR) is 111 cm³/mol. The highest BCUT2D eigenvalue weighted by Crippen LogP contribution is 2.27. The van der Waals surface area contributed by atoms with Crippen LogP contribution in [0.2, 0.25) is 0 Å². The lowest BCUT2D eigenvalue weighted by atomic mass is 10.1. The zero-order chi connectivity index (χ0) is 25.2. The Kier molecular flexibility index (Phi) is 5.57. The number of alkyl halides is 3. The fraction of sp³-hybridized carbons (Fsp3) is 0.143. The summed E-state index contributed by atoms with van der Waals surface area (Å²) in [6.45, 7) is -0.449. The van der Waals surface area contributed by atoms with Gasteiger partial charge in [0.2, 0.25) is 11.8 Å². The van der Waals surface area contributed by atoms with Crippen LogP contribution in [0, 0.1) is 5.82 Å². The summed E-state index contributed by atoms with van der Waals surface area (Å²) in [5.41, 5.74) is 6.85. The number of nitrogens with two attached hydrogens (primary N) is 1. The number of rotatable bonds is 6. The summed E-state index contributed by atoms with van der Waals surface area (Å²) >= 11 is 0. The van der Waals surface area contributed by atoms with Crippen molar-refractivity contribution in [2.24, 2.45) is 0 Å². The van der Waals surface area contributed by atoms with E-state index in [-0.39, 0.29) is 23.0 Å². The van der Waals surface area contributed by atoms with Crippen molar-refractivity contribution in [1.82, 2.24) is 24.9 Å². The molecule has 0 fully saturated rings. The van der Waals surface area contributed by atoms with E-state index in [0.29, 0.717) is 16.8 Å². The second-order valence-corrected chi connectivity index (χ2v) is 6.89. The number of pyridine rings is 2. The van der Waals surface area contributed by atoms with Crippen LogP contribution in [0.1, 0.15) is 17.3 Å². The molecule has 4 rings (SSSR count). The van der Waals surface area contributed by atoms with E-state index in [9.17, 15) is 22.4 Å². The average Bonchev–Trinajstić information content (AvgIpc) is 3.18. The summed E-state index contributed by atoms with van der Waals surface area (Å²) in [7, 11) is -0.525. The molecular weight excluding hydrogens is 460 g/mol. The standard InChI is InChI=1S/C21H16F4N6O3/c1-33-19-15(7-12(9-28-19)11-4-5-31-17(8-11)29-20(26)30-31)18(32)27-10-13-6-14(2-3-16(13)22)34-21(23,24)25/h2-9H,10H2,1H3,(H2,26,30)(H,27,32)/i1D. The molecular formula is C21H16F4N6O3. The Morgan fingerprint density at radius 3 is 2.82 bits per heavy atom. The number of fused-ring (bicyclic) bond motifs is 1. The molecule has 1 aromatic carbocycles. The number of hydrogen-bond donors (Lipinski definition) is 2. The van der Waals surface area contributed by atoms with Crippen molar-refractivity contribution in [1.29, 1.82) is 0 Å². The van der Waals surface area contributed by atoms with Gasteiger partial charge in [0.1, 0.15) is 17.1 Å². The second kappa shape index (κ2) is 8.84. The lowest BCUT2D eigenvalue weighted by Crippen LogP contribution is -2.24. The van der Waals surface area contributed by atoms with Crippen LogP contribution in [0.3, 0.4) is 0 Å². The van der Waals surface area contributed by atoms with Gasteiger partial charge in [0.15, 0.2) is 5.65 Å². The van der Waals surface area contributed by atoms with Gasteiger partial charge in [-0.15, -0.1) is 18.3 Å². The molecule has 0 aliphatic heterocycles. The number of ether oxygens (including phenoxy) is 2. The lowest BCUT2D eigenvalue weighted by Gasteiger charge is -2.13. The molecule has 3 heterocycles. The number of methoxy groups -OCH3 is 1. The van der Waals surface area contributed by atoms with Crippen molar-refractivity contribution >= 4 is 17.5 Å². The molecule has 0 atom stereocenters. The molecule has 0 radical (unpaired) electrons. The highest BCUT2D eigenvalue weighted by Gasteiger charge is 2.31. The van der Waals surface area contributed by atoms with Crippen molar-refractivity contribution in [3.63, 3.8) is 0 Å². The van der Waals surface area contributed by atoms with Crippen LogP contribution < -0.4 is 20.5 Å². The highest BCUT2D eigenvalue weighted by molar-refractivity contribution is 5.97. The van der Waals surface area contributed by atoms with Gasteiger partial charge in [0.05, 0.1) is 8.46 Å².